The van der Waals surface area contributed by atoms with Crippen molar-refractivity contribution in [3.8, 4) is 0 Å². The van der Waals surface area contributed by atoms with Gasteiger partial charge in [-0.1, -0.05) is 25.0 Å². The van der Waals surface area contributed by atoms with Crippen molar-refractivity contribution in [2.45, 2.75) is 64.5 Å². The Morgan fingerprint density at radius 2 is 1.75 bits per heavy atom. The Balaban J connectivity index is 1.94. The van der Waals surface area contributed by atoms with Crippen LogP contribution < -0.4 is 10.2 Å². The zero-order chi connectivity index (χ0) is 14.4. The summed E-state index contributed by atoms with van der Waals surface area (Å²) in [4.78, 5) is 2.63. The fourth-order valence-corrected chi connectivity index (χ4v) is 4.28. The molecule has 1 N–H and O–H groups in total. The third kappa shape index (κ3) is 2.46. The second-order valence-corrected chi connectivity index (χ2v) is 7.57. The molecular weight excluding hydrogens is 244 g/mol. The lowest BCUT2D eigenvalue weighted by atomic mass is 9.86. The van der Waals surface area contributed by atoms with E-state index >= 15 is 0 Å². The molecule has 0 radical (unpaired) electrons. The van der Waals surface area contributed by atoms with Gasteiger partial charge in [-0.05, 0) is 57.7 Å². The van der Waals surface area contributed by atoms with E-state index in [0.29, 0.717) is 5.54 Å². The molecule has 0 atom stereocenters. The van der Waals surface area contributed by atoms with Crippen LogP contribution in [-0.2, 0) is 0 Å². The standard InChI is InChI=1S/C18H28N2/c1-14-8-7-9-16(15(14)2)20-12-17(3,4)19-18(13-20)10-5-6-11-18/h7-9,19H,5-6,10-13H2,1-4H3. The Labute approximate surface area is 123 Å². The fraction of sp³-hybridized carbons (Fsp3) is 0.667. The van der Waals surface area contributed by atoms with Crippen molar-refractivity contribution in [3.63, 3.8) is 0 Å². The smallest absolute Gasteiger partial charge is 0.0399 e. The normalized spacial score (nSPS) is 24.3. The van der Waals surface area contributed by atoms with E-state index in [1.165, 1.54) is 49.0 Å². The Hall–Kier alpha value is -1.02. The number of hydrogen-bond acceptors (Lipinski definition) is 2. The van der Waals surface area contributed by atoms with Gasteiger partial charge in [0.1, 0.15) is 0 Å². The third-order valence-electron chi connectivity index (χ3n) is 5.16. The molecule has 110 valence electrons. The lowest BCUT2D eigenvalue weighted by Gasteiger charge is -2.51. The molecule has 1 aliphatic carbocycles. The summed E-state index contributed by atoms with van der Waals surface area (Å²) in [7, 11) is 0. The van der Waals surface area contributed by atoms with Gasteiger partial charge in [-0.3, -0.25) is 0 Å². The molecule has 1 saturated carbocycles. The van der Waals surface area contributed by atoms with Gasteiger partial charge < -0.3 is 10.2 Å². The molecule has 2 nitrogen and oxygen atoms in total. The summed E-state index contributed by atoms with van der Waals surface area (Å²) in [5.74, 6) is 0. The van der Waals surface area contributed by atoms with Crippen molar-refractivity contribution in [1.82, 2.24) is 5.32 Å². The van der Waals surface area contributed by atoms with Gasteiger partial charge in [-0.25, -0.2) is 0 Å². The highest BCUT2D eigenvalue weighted by atomic mass is 15.3. The highest BCUT2D eigenvalue weighted by Gasteiger charge is 2.44. The first kappa shape index (κ1) is 13.9. The van der Waals surface area contributed by atoms with Crippen LogP contribution in [0.25, 0.3) is 0 Å². The van der Waals surface area contributed by atoms with Crippen LogP contribution >= 0.6 is 0 Å². The maximum atomic E-state index is 3.96. The highest BCUT2D eigenvalue weighted by Crippen LogP contribution is 2.38. The SMILES string of the molecule is Cc1cccc(N2CC(C)(C)NC3(CCCC3)C2)c1C. The average molecular weight is 272 g/mol. The quantitative estimate of drug-likeness (QED) is 0.836. The Bertz CT molecular complexity index is 498. The number of nitrogens with zero attached hydrogens (tertiary/aromatic N) is 1. The van der Waals surface area contributed by atoms with E-state index in [2.05, 4.69) is 56.1 Å². The van der Waals surface area contributed by atoms with Crippen LogP contribution in [0.15, 0.2) is 18.2 Å². The van der Waals surface area contributed by atoms with Crippen LogP contribution in [0.1, 0.15) is 50.7 Å². The van der Waals surface area contributed by atoms with Crippen LogP contribution in [0, 0.1) is 13.8 Å². The molecule has 3 rings (SSSR count). The molecular formula is C18H28N2. The van der Waals surface area contributed by atoms with Crippen LogP contribution in [0.5, 0.6) is 0 Å². The topological polar surface area (TPSA) is 15.3 Å². The monoisotopic (exact) mass is 272 g/mol. The van der Waals surface area contributed by atoms with Gasteiger partial charge in [0.15, 0.2) is 0 Å². The first-order valence-corrected chi connectivity index (χ1v) is 8.01. The van der Waals surface area contributed by atoms with E-state index < -0.39 is 0 Å². The molecule has 0 bridgehead atoms. The van der Waals surface area contributed by atoms with Gasteiger partial charge in [-0.2, -0.15) is 0 Å². The number of anilines is 1. The molecule has 1 spiro atoms. The van der Waals surface area contributed by atoms with E-state index in [0.717, 1.165) is 6.54 Å². The first-order chi connectivity index (χ1) is 9.41. The molecule has 20 heavy (non-hydrogen) atoms. The van der Waals surface area contributed by atoms with Gasteiger partial charge in [0.25, 0.3) is 0 Å². The third-order valence-corrected chi connectivity index (χ3v) is 5.16. The van der Waals surface area contributed by atoms with E-state index in [4.69, 9.17) is 0 Å². The summed E-state index contributed by atoms with van der Waals surface area (Å²) in [5.41, 5.74) is 4.82. The van der Waals surface area contributed by atoms with Gasteiger partial charge in [0.05, 0.1) is 0 Å². The fourth-order valence-electron chi connectivity index (χ4n) is 4.28. The summed E-state index contributed by atoms with van der Waals surface area (Å²) >= 11 is 0. The summed E-state index contributed by atoms with van der Waals surface area (Å²) in [6.45, 7) is 11.5. The van der Waals surface area contributed by atoms with Gasteiger partial charge >= 0.3 is 0 Å². The van der Waals surface area contributed by atoms with E-state index in [9.17, 15) is 0 Å². The van der Waals surface area contributed by atoms with Crippen LogP contribution in [-0.4, -0.2) is 24.2 Å². The lowest BCUT2D eigenvalue weighted by molar-refractivity contribution is 0.197. The maximum Gasteiger partial charge on any atom is 0.0399 e. The Morgan fingerprint density at radius 1 is 1.05 bits per heavy atom. The molecule has 1 aromatic rings. The van der Waals surface area contributed by atoms with Gasteiger partial charge in [0.2, 0.25) is 0 Å². The second-order valence-electron chi connectivity index (χ2n) is 7.57. The van der Waals surface area contributed by atoms with E-state index in [1.54, 1.807) is 0 Å². The molecule has 2 fully saturated rings. The van der Waals surface area contributed by atoms with Crippen LogP contribution in [0.3, 0.4) is 0 Å². The number of piperazine rings is 1. The predicted molar refractivity (Wildman–Crippen MR) is 86.5 cm³/mol. The number of rotatable bonds is 1. The maximum absolute atomic E-state index is 3.96. The largest absolute Gasteiger partial charge is 0.368 e. The number of hydrogen-bond donors (Lipinski definition) is 1. The predicted octanol–water partition coefficient (Wildman–Crippen LogP) is 3.80. The van der Waals surface area contributed by atoms with Crippen molar-refractivity contribution in [1.29, 1.82) is 0 Å². The lowest BCUT2D eigenvalue weighted by Crippen LogP contribution is -2.68. The van der Waals surface area contributed by atoms with Crippen molar-refractivity contribution >= 4 is 5.69 Å². The molecule has 1 heterocycles. The molecule has 1 aliphatic heterocycles. The zero-order valence-corrected chi connectivity index (χ0v) is 13.4. The van der Waals surface area contributed by atoms with Gasteiger partial charge in [-0.15, -0.1) is 0 Å². The van der Waals surface area contributed by atoms with Crippen molar-refractivity contribution < 1.29 is 0 Å². The van der Waals surface area contributed by atoms with Crippen LogP contribution in [0.4, 0.5) is 5.69 Å². The second kappa shape index (κ2) is 4.77. The molecule has 0 aromatic heterocycles. The Kier molecular flexibility index (Phi) is 3.32. The molecule has 2 heteroatoms. The van der Waals surface area contributed by atoms with Crippen LogP contribution in [0.2, 0.25) is 0 Å². The summed E-state index contributed by atoms with van der Waals surface area (Å²) in [6.07, 6.45) is 5.42. The molecule has 1 saturated heterocycles. The average Bonchev–Trinajstić information content (AvgIpc) is 2.78. The summed E-state index contributed by atoms with van der Waals surface area (Å²) in [5, 5.41) is 3.96. The van der Waals surface area contributed by atoms with E-state index in [-0.39, 0.29) is 5.54 Å². The molecule has 2 aliphatic rings. The Morgan fingerprint density at radius 3 is 2.45 bits per heavy atom. The highest BCUT2D eigenvalue weighted by molar-refractivity contribution is 5.57. The van der Waals surface area contributed by atoms with Gasteiger partial charge in [0, 0.05) is 29.9 Å². The number of benzene rings is 1. The van der Waals surface area contributed by atoms with Crippen molar-refractivity contribution in [2.75, 3.05) is 18.0 Å². The molecule has 0 amide bonds. The first-order valence-electron chi connectivity index (χ1n) is 8.01. The van der Waals surface area contributed by atoms with Crippen molar-refractivity contribution in [3.05, 3.63) is 29.3 Å². The van der Waals surface area contributed by atoms with E-state index in [1.807, 2.05) is 0 Å². The minimum absolute atomic E-state index is 0.193. The summed E-state index contributed by atoms with van der Waals surface area (Å²) in [6, 6.07) is 6.72. The number of nitrogens with one attached hydrogen (secondary N) is 1. The molecule has 1 aromatic carbocycles. The van der Waals surface area contributed by atoms with Crippen molar-refractivity contribution in [2.24, 2.45) is 0 Å². The molecule has 0 unspecified atom stereocenters. The minimum Gasteiger partial charge on any atom is -0.368 e. The zero-order valence-electron chi connectivity index (χ0n) is 13.4. The minimum atomic E-state index is 0.193. The summed E-state index contributed by atoms with van der Waals surface area (Å²) < 4.78 is 0. The number of aryl methyl sites for hydroxylation is 1.